The number of hydrogen-bond acceptors (Lipinski definition) is 9. The Kier molecular flexibility index (Phi) is 10.2. The van der Waals surface area contributed by atoms with Crippen molar-refractivity contribution in [3.63, 3.8) is 0 Å². The van der Waals surface area contributed by atoms with Crippen LogP contribution in [0.15, 0.2) is 53.6 Å². The van der Waals surface area contributed by atoms with Crippen LogP contribution in [0.1, 0.15) is 36.5 Å². The molecule has 5 rings (SSSR count). The fraction of sp³-hybridized carbons (Fsp3) is 0.484. The number of likely N-dealkylation sites (tertiary alicyclic amines) is 1. The van der Waals surface area contributed by atoms with Crippen LogP contribution < -0.4 is 20.5 Å². The van der Waals surface area contributed by atoms with Crippen molar-refractivity contribution < 1.29 is 45.7 Å². The van der Waals surface area contributed by atoms with Gasteiger partial charge in [-0.15, -0.1) is 0 Å². The number of benzene rings is 1. The van der Waals surface area contributed by atoms with Crippen LogP contribution >= 0.6 is 0 Å². The number of alkyl halides is 6. The number of rotatable bonds is 10. The van der Waals surface area contributed by atoms with E-state index in [0.29, 0.717) is 24.3 Å². The smallest absolute Gasteiger partial charge is 0.423 e. The summed E-state index contributed by atoms with van der Waals surface area (Å²) in [5.41, 5.74) is -3.59. The first kappa shape index (κ1) is 34.9. The van der Waals surface area contributed by atoms with Gasteiger partial charge in [-0.1, -0.05) is 12.1 Å². The monoisotopic (exact) mass is 684 g/mol. The lowest BCUT2D eigenvalue weighted by Gasteiger charge is -2.40. The first-order valence-corrected chi connectivity index (χ1v) is 15.1. The summed E-state index contributed by atoms with van der Waals surface area (Å²) >= 11 is 0. The van der Waals surface area contributed by atoms with E-state index in [1.807, 2.05) is 0 Å². The van der Waals surface area contributed by atoms with E-state index in [-0.39, 0.29) is 44.4 Å². The van der Waals surface area contributed by atoms with Gasteiger partial charge < -0.3 is 29.7 Å². The fourth-order valence-electron chi connectivity index (χ4n) is 5.85. The van der Waals surface area contributed by atoms with Gasteiger partial charge in [-0.2, -0.15) is 31.4 Å². The average Bonchev–Trinajstić information content (AvgIpc) is 3.40. The number of hydrogen-bond donors (Lipinski definition) is 2. The average molecular weight is 685 g/mol. The zero-order chi connectivity index (χ0) is 34.8. The van der Waals surface area contributed by atoms with E-state index in [4.69, 9.17) is 9.47 Å². The van der Waals surface area contributed by atoms with E-state index >= 15 is 0 Å². The minimum Gasteiger partial charge on any atom is -0.497 e. The molecule has 0 saturated carbocycles. The summed E-state index contributed by atoms with van der Waals surface area (Å²) in [4.78, 5) is 33.1. The molecule has 17 heteroatoms. The molecule has 0 aliphatic carbocycles. The summed E-state index contributed by atoms with van der Waals surface area (Å²) in [6.45, 7) is 1.84. The van der Waals surface area contributed by atoms with Crippen molar-refractivity contribution in [1.29, 1.82) is 0 Å². The molecule has 2 aliphatic heterocycles. The predicted molar refractivity (Wildman–Crippen MR) is 161 cm³/mol. The number of aromatic nitrogens is 3. The summed E-state index contributed by atoms with van der Waals surface area (Å²) in [5, 5.41) is 17.4. The van der Waals surface area contributed by atoms with Crippen molar-refractivity contribution in [3.05, 3.63) is 75.8 Å². The van der Waals surface area contributed by atoms with Crippen molar-refractivity contribution in [3.8, 4) is 5.75 Å². The van der Waals surface area contributed by atoms with E-state index in [1.54, 1.807) is 29.2 Å². The van der Waals surface area contributed by atoms with Gasteiger partial charge in [0.2, 0.25) is 0 Å². The molecule has 2 fully saturated rings. The van der Waals surface area contributed by atoms with E-state index in [9.17, 15) is 41.0 Å². The lowest BCUT2D eigenvalue weighted by Crippen LogP contribution is -2.55. The lowest BCUT2D eigenvalue weighted by atomic mass is 10.00. The Morgan fingerprint density at radius 1 is 1.00 bits per heavy atom. The summed E-state index contributed by atoms with van der Waals surface area (Å²) in [6.07, 6.45) is -9.12. The number of halogens is 6. The SMILES string of the molecule is COc1ccc(Cn2ncc(NC(C)CO[C@@H]3CCN([C@@H]4CCN(c5ccc(C(F)(F)F)cn5)C[C@@H]4O)C3=O)c(C(F)(F)F)c2=O)cc1. The molecule has 0 spiro atoms. The molecule has 2 aromatic heterocycles. The van der Waals surface area contributed by atoms with Gasteiger partial charge in [0.25, 0.3) is 11.5 Å². The molecule has 4 atom stereocenters. The Labute approximate surface area is 271 Å². The number of piperidine rings is 1. The Morgan fingerprint density at radius 3 is 2.33 bits per heavy atom. The van der Waals surface area contributed by atoms with Gasteiger partial charge in [0, 0.05) is 38.3 Å². The largest absolute Gasteiger partial charge is 0.497 e. The number of amides is 1. The Morgan fingerprint density at radius 2 is 1.73 bits per heavy atom. The number of methoxy groups -OCH3 is 1. The van der Waals surface area contributed by atoms with Crippen molar-refractivity contribution >= 4 is 17.4 Å². The van der Waals surface area contributed by atoms with E-state index in [1.165, 1.54) is 25.0 Å². The molecule has 1 aromatic carbocycles. The van der Waals surface area contributed by atoms with Gasteiger partial charge in [-0.3, -0.25) is 9.59 Å². The van der Waals surface area contributed by atoms with Crippen LogP contribution in [-0.4, -0.2) is 88.3 Å². The van der Waals surface area contributed by atoms with Crippen LogP contribution in [0.4, 0.5) is 37.8 Å². The van der Waals surface area contributed by atoms with Crippen LogP contribution in [0.3, 0.4) is 0 Å². The number of carbonyl (C=O) groups is 1. The molecule has 4 heterocycles. The second kappa shape index (κ2) is 14.0. The molecule has 0 bridgehead atoms. The third-order valence-corrected chi connectivity index (χ3v) is 8.30. The minimum atomic E-state index is -4.98. The van der Waals surface area contributed by atoms with Crippen molar-refractivity contribution in [2.24, 2.45) is 0 Å². The van der Waals surface area contributed by atoms with Crippen LogP contribution in [0.2, 0.25) is 0 Å². The molecule has 260 valence electrons. The minimum absolute atomic E-state index is 0.0493. The molecule has 48 heavy (non-hydrogen) atoms. The highest BCUT2D eigenvalue weighted by molar-refractivity contribution is 5.83. The summed E-state index contributed by atoms with van der Waals surface area (Å²) in [6, 6.07) is 7.30. The third kappa shape index (κ3) is 7.84. The molecular weight excluding hydrogens is 650 g/mol. The maximum absolute atomic E-state index is 14.0. The molecule has 2 aliphatic rings. The number of pyridine rings is 1. The number of nitrogens with one attached hydrogen (secondary N) is 1. The molecular formula is C31H34F6N6O5. The molecule has 2 saturated heterocycles. The van der Waals surface area contributed by atoms with Gasteiger partial charge >= 0.3 is 12.4 Å². The third-order valence-electron chi connectivity index (χ3n) is 8.30. The van der Waals surface area contributed by atoms with Gasteiger partial charge in [0.05, 0.1) is 49.9 Å². The number of carbonyl (C=O) groups excluding carboxylic acids is 1. The molecule has 3 aromatic rings. The zero-order valence-electron chi connectivity index (χ0n) is 26.0. The highest BCUT2D eigenvalue weighted by Crippen LogP contribution is 2.33. The molecule has 2 N–H and O–H groups in total. The van der Waals surface area contributed by atoms with Crippen molar-refractivity contribution in [1.82, 2.24) is 19.7 Å². The number of aliphatic hydroxyl groups is 1. The normalized spacial score (nSPS) is 21.0. The fourth-order valence-corrected chi connectivity index (χ4v) is 5.85. The highest BCUT2D eigenvalue weighted by Gasteiger charge is 2.42. The lowest BCUT2D eigenvalue weighted by molar-refractivity contribution is -0.141. The van der Waals surface area contributed by atoms with Crippen LogP contribution in [-0.2, 0) is 28.4 Å². The first-order valence-electron chi connectivity index (χ1n) is 15.1. The van der Waals surface area contributed by atoms with Gasteiger partial charge in [0.15, 0.2) is 0 Å². The van der Waals surface area contributed by atoms with Crippen LogP contribution in [0, 0.1) is 0 Å². The molecule has 0 radical (unpaired) electrons. The van der Waals surface area contributed by atoms with Crippen molar-refractivity contribution in [2.75, 3.05) is 43.6 Å². The Bertz CT molecular complexity index is 1630. The molecule has 1 unspecified atom stereocenters. The van der Waals surface area contributed by atoms with E-state index in [0.717, 1.165) is 23.1 Å². The maximum atomic E-state index is 14.0. The number of anilines is 2. The summed E-state index contributed by atoms with van der Waals surface area (Å²) < 4.78 is 92.3. The second-order valence-electron chi connectivity index (χ2n) is 11.7. The predicted octanol–water partition coefficient (Wildman–Crippen LogP) is 3.79. The number of β-amino-alcohol motifs (C(OH)–C–C–N with tert-alkyl or cyclic N) is 1. The van der Waals surface area contributed by atoms with E-state index < -0.39 is 59.0 Å². The quantitative estimate of drug-likeness (QED) is 0.308. The maximum Gasteiger partial charge on any atom is 0.423 e. The molecule has 11 nitrogen and oxygen atoms in total. The first-order chi connectivity index (χ1) is 22.7. The van der Waals surface area contributed by atoms with Crippen LogP contribution in [0.25, 0.3) is 0 Å². The van der Waals surface area contributed by atoms with Gasteiger partial charge in [-0.05, 0) is 43.2 Å². The van der Waals surface area contributed by atoms with Crippen molar-refractivity contribution in [2.45, 2.75) is 63.0 Å². The second-order valence-corrected chi connectivity index (χ2v) is 11.7. The van der Waals surface area contributed by atoms with Gasteiger partial charge in [0.1, 0.15) is 23.2 Å². The topological polar surface area (TPSA) is 122 Å². The Hall–Kier alpha value is -4.38. The number of ether oxygens (including phenoxy) is 2. The zero-order valence-corrected chi connectivity index (χ0v) is 26.0. The standard InChI is InChI=1S/C31H34F6N6O5/c1-18(40-22-14-39-43(29(46)27(22)31(35,36)37)15-19-3-6-21(47-2)7-4-19)17-48-25-10-12-42(28(25)45)23-9-11-41(16-24(23)44)26-8-5-20(13-38-26)30(32,33)34/h3-8,13-14,18,23-25,40,44H,9-12,15-17H2,1-2H3/t18?,23-,24+,25-/m1/s1. The van der Waals surface area contributed by atoms with Crippen LogP contribution in [0.5, 0.6) is 5.75 Å². The molecule has 1 amide bonds. The highest BCUT2D eigenvalue weighted by atomic mass is 19.4. The Balaban J connectivity index is 1.16. The van der Waals surface area contributed by atoms with Gasteiger partial charge in [-0.25, -0.2) is 9.67 Å². The summed E-state index contributed by atoms with van der Waals surface area (Å²) in [7, 11) is 1.47. The number of aliphatic hydroxyl groups excluding tert-OH is 1. The van der Waals surface area contributed by atoms with E-state index in [2.05, 4.69) is 15.4 Å². The summed E-state index contributed by atoms with van der Waals surface area (Å²) in [5.74, 6) is 0.439. The number of nitrogens with zero attached hydrogens (tertiary/aromatic N) is 5.